The van der Waals surface area contributed by atoms with E-state index in [1.165, 1.54) is 11.6 Å². The highest BCUT2D eigenvalue weighted by Gasteiger charge is 2.54. The number of hydrogen-bond donors (Lipinski definition) is 1. The molecule has 37 heavy (non-hydrogen) atoms. The van der Waals surface area contributed by atoms with E-state index in [0.29, 0.717) is 18.4 Å². The number of alkyl carbamates (subject to hydrolysis) is 1. The van der Waals surface area contributed by atoms with Gasteiger partial charge in [0.15, 0.2) is 0 Å². The average Bonchev–Trinajstić information content (AvgIpc) is 3.14. The fourth-order valence-corrected chi connectivity index (χ4v) is 7.39. The van der Waals surface area contributed by atoms with Gasteiger partial charge < -0.3 is 14.8 Å². The number of carbonyl (C=O) groups is 2. The van der Waals surface area contributed by atoms with Gasteiger partial charge in [0.25, 0.3) is 0 Å². The first-order chi connectivity index (χ1) is 17.8. The Kier molecular flexibility index (Phi) is 7.55. The molecule has 4 aliphatic rings. The minimum absolute atomic E-state index is 0.0667. The minimum Gasteiger partial charge on any atom is -0.462 e. The van der Waals surface area contributed by atoms with E-state index in [-0.39, 0.29) is 53.7 Å². The highest BCUT2D eigenvalue weighted by molar-refractivity contribution is 5.75. The van der Waals surface area contributed by atoms with Crippen molar-refractivity contribution < 1.29 is 23.5 Å². The predicted molar refractivity (Wildman–Crippen MR) is 141 cm³/mol. The average molecular weight is 508 g/mol. The molecule has 2 saturated carbocycles. The maximum absolute atomic E-state index is 13.8. The molecule has 5 nitrogen and oxygen atoms in total. The van der Waals surface area contributed by atoms with Crippen molar-refractivity contribution in [1.29, 1.82) is 0 Å². The smallest absolute Gasteiger partial charge is 0.407 e. The normalized spacial score (nSPS) is 35.2. The van der Waals surface area contributed by atoms with Crippen LogP contribution in [0.5, 0.6) is 0 Å². The minimum atomic E-state index is -0.353. The Hall–Kier alpha value is -2.89. The Bertz CT molecular complexity index is 1120. The molecule has 8 atom stereocenters. The summed E-state index contributed by atoms with van der Waals surface area (Å²) in [4.78, 5) is 24.7. The van der Waals surface area contributed by atoms with Gasteiger partial charge in [0, 0.05) is 12.0 Å². The molecule has 0 radical (unpaired) electrons. The van der Waals surface area contributed by atoms with Gasteiger partial charge >= 0.3 is 12.1 Å². The van der Waals surface area contributed by atoms with Gasteiger partial charge in [-0.1, -0.05) is 43.4 Å². The fraction of sp³-hybridized carbons (Fsp3) is 0.548. The quantitative estimate of drug-likeness (QED) is 0.465. The lowest BCUT2D eigenvalue weighted by molar-refractivity contribution is -0.144. The zero-order valence-electron chi connectivity index (χ0n) is 22.0. The molecular formula is C31H38FNO4. The fourth-order valence-electron chi connectivity index (χ4n) is 7.39. The van der Waals surface area contributed by atoms with Crippen LogP contribution in [0.4, 0.5) is 9.18 Å². The number of ether oxygens (including phenoxy) is 2. The molecule has 1 heterocycles. The number of nitrogens with one attached hydrogen (secondary N) is 1. The number of fused-ring (bicyclic) bond motifs is 2. The molecule has 1 aliphatic heterocycles. The monoisotopic (exact) mass is 507 g/mol. The summed E-state index contributed by atoms with van der Waals surface area (Å²) in [6.07, 6.45) is 13.0. The molecule has 3 aliphatic carbocycles. The number of rotatable bonds is 5. The second kappa shape index (κ2) is 10.8. The van der Waals surface area contributed by atoms with E-state index in [4.69, 9.17) is 9.47 Å². The van der Waals surface area contributed by atoms with Crippen molar-refractivity contribution in [1.82, 2.24) is 5.32 Å². The third kappa shape index (κ3) is 5.39. The molecule has 0 spiro atoms. The van der Waals surface area contributed by atoms with E-state index in [2.05, 4.69) is 36.5 Å². The molecule has 1 aromatic rings. The van der Waals surface area contributed by atoms with Crippen LogP contribution in [-0.2, 0) is 14.3 Å². The van der Waals surface area contributed by atoms with Crippen LogP contribution in [0.2, 0.25) is 0 Å². The maximum atomic E-state index is 13.8. The number of allylic oxidation sites excluding steroid dienone is 6. The number of esters is 1. The van der Waals surface area contributed by atoms with Crippen molar-refractivity contribution in [2.24, 2.45) is 35.5 Å². The van der Waals surface area contributed by atoms with Gasteiger partial charge in [-0.05, 0) is 98.5 Å². The van der Waals surface area contributed by atoms with Crippen LogP contribution in [0.3, 0.4) is 0 Å². The Balaban J connectivity index is 1.35. The molecule has 0 aromatic heterocycles. The third-order valence-corrected chi connectivity index (χ3v) is 8.99. The molecule has 1 amide bonds. The van der Waals surface area contributed by atoms with Gasteiger partial charge in [-0.25, -0.2) is 9.18 Å². The summed E-state index contributed by atoms with van der Waals surface area (Å²) in [5.41, 5.74) is 3.35. The van der Waals surface area contributed by atoms with Crippen molar-refractivity contribution >= 4 is 17.6 Å². The van der Waals surface area contributed by atoms with Gasteiger partial charge in [0.2, 0.25) is 0 Å². The molecule has 198 valence electrons. The standard InChI is InChI=1S/C31H38FNO4/c1-4-36-31(35)33-24-10-13-26-22(16-24)17-28-29(19(3)37-30(28)34)27(26)12-9-20-8-11-25(18(2)14-20)21-6-5-7-23(32)15-21/h5-9,11-12,15,18-19,22,24,26-29H,4,10,13-14,16-17H2,1-3H3,(H,33,35)/b12-9+/t18?,19-,22-,24-,26-,27+,28+,29+/m1/s1. The van der Waals surface area contributed by atoms with E-state index >= 15 is 0 Å². The summed E-state index contributed by atoms with van der Waals surface area (Å²) < 4.78 is 24.6. The third-order valence-electron chi connectivity index (χ3n) is 8.99. The van der Waals surface area contributed by atoms with Crippen molar-refractivity contribution in [2.75, 3.05) is 6.61 Å². The van der Waals surface area contributed by atoms with Crippen LogP contribution < -0.4 is 5.32 Å². The largest absolute Gasteiger partial charge is 0.462 e. The van der Waals surface area contributed by atoms with Crippen LogP contribution >= 0.6 is 0 Å². The number of hydrogen-bond acceptors (Lipinski definition) is 4. The molecular weight excluding hydrogens is 469 g/mol. The van der Waals surface area contributed by atoms with E-state index in [0.717, 1.165) is 43.2 Å². The van der Waals surface area contributed by atoms with Gasteiger partial charge in [0.1, 0.15) is 11.9 Å². The Labute approximate surface area is 219 Å². The lowest BCUT2D eigenvalue weighted by Crippen LogP contribution is -2.48. The Morgan fingerprint density at radius 3 is 2.81 bits per heavy atom. The zero-order chi connectivity index (χ0) is 26.1. The predicted octanol–water partition coefficient (Wildman–Crippen LogP) is 6.46. The Morgan fingerprint density at radius 1 is 1.22 bits per heavy atom. The molecule has 6 heteroatoms. The second-order valence-corrected chi connectivity index (χ2v) is 11.3. The van der Waals surface area contributed by atoms with E-state index in [1.807, 2.05) is 19.9 Å². The molecule has 0 bridgehead atoms. The van der Waals surface area contributed by atoms with Crippen molar-refractivity contribution in [3.8, 4) is 0 Å². The Morgan fingerprint density at radius 2 is 2.05 bits per heavy atom. The maximum Gasteiger partial charge on any atom is 0.407 e. The topological polar surface area (TPSA) is 64.6 Å². The van der Waals surface area contributed by atoms with E-state index in [1.54, 1.807) is 12.1 Å². The van der Waals surface area contributed by atoms with Gasteiger partial charge in [-0.2, -0.15) is 0 Å². The summed E-state index contributed by atoms with van der Waals surface area (Å²) in [5, 5.41) is 3.02. The summed E-state index contributed by atoms with van der Waals surface area (Å²) in [6.45, 7) is 6.39. The number of amides is 1. The molecule has 1 saturated heterocycles. The molecule has 1 aromatic carbocycles. The van der Waals surface area contributed by atoms with E-state index < -0.39 is 0 Å². The van der Waals surface area contributed by atoms with Crippen LogP contribution in [0, 0.1) is 41.3 Å². The summed E-state index contributed by atoms with van der Waals surface area (Å²) in [6, 6.07) is 6.89. The van der Waals surface area contributed by atoms with Crippen molar-refractivity contribution in [3.05, 3.63) is 65.5 Å². The van der Waals surface area contributed by atoms with Gasteiger partial charge in [0.05, 0.1) is 12.5 Å². The van der Waals surface area contributed by atoms with Crippen molar-refractivity contribution in [2.45, 2.75) is 65.0 Å². The number of benzene rings is 1. The highest BCUT2D eigenvalue weighted by Crippen LogP contribution is 2.53. The zero-order valence-corrected chi connectivity index (χ0v) is 22.0. The van der Waals surface area contributed by atoms with Gasteiger partial charge in [-0.15, -0.1) is 0 Å². The van der Waals surface area contributed by atoms with E-state index in [9.17, 15) is 14.0 Å². The van der Waals surface area contributed by atoms with Gasteiger partial charge in [-0.3, -0.25) is 4.79 Å². The summed E-state index contributed by atoms with van der Waals surface area (Å²) >= 11 is 0. The molecule has 1 unspecified atom stereocenters. The van der Waals surface area contributed by atoms with Crippen LogP contribution in [0.1, 0.15) is 58.4 Å². The van der Waals surface area contributed by atoms with Crippen molar-refractivity contribution in [3.63, 3.8) is 0 Å². The molecule has 3 fully saturated rings. The molecule has 5 rings (SSSR count). The first kappa shape index (κ1) is 25.7. The van der Waals surface area contributed by atoms with Crippen LogP contribution in [-0.4, -0.2) is 30.8 Å². The first-order valence-corrected chi connectivity index (χ1v) is 13.8. The summed E-state index contributed by atoms with van der Waals surface area (Å²) in [7, 11) is 0. The van der Waals surface area contributed by atoms with Crippen LogP contribution in [0.25, 0.3) is 5.57 Å². The molecule has 1 N–H and O–H groups in total. The number of halogens is 1. The summed E-state index contributed by atoms with van der Waals surface area (Å²) in [5.74, 6) is 1.23. The lowest BCUT2D eigenvalue weighted by Gasteiger charge is -2.47. The lowest BCUT2D eigenvalue weighted by atomic mass is 9.57. The van der Waals surface area contributed by atoms with Crippen LogP contribution in [0.15, 0.2) is 54.1 Å². The SMILES string of the molecule is CCOC(=O)N[C@@H]1CC[C@@H]2[C@H](C1)C[C@@H]1C(=O)O[C@H](C)[C@H]1[C@H]2/C=C/C1=CC=C(c2cccc(F)c2)C(C)C1. The number of cyclic esters (lactones) is 1. The highest BCUT2D eigenvalue weighted by atomic mass is 19.1. The number of carbonyl (C=O) groups excluding carboxylic acids is 2. The second-order valence-electron chi connectivity index (χ2n) is 11.3. The first-order valence-electron chi connectivity index (χ1n) is 13.8.